The zero-order valence-corrected chi connectivity index (χ0v) is 18.9. The van der Waals surface area contributed by atoms with Gasteiger partial charge >= 0.3 is 6.03 Å². The molecule has 1 unspecified atom stereocenters. The monoisotopic (exact) mass is 426 g/mol. The summed E-state index contributed by atoms with van der Waals surface area (Å²) in [4.78, 5) is 25.9. The molecule has 0 saturated carbocycles. The molecular weight excluding hydrogens is 394 g/mol. The Kier molecular flexibility index (Phi) is 6.85. The first-order valence-electron chi connectivity index (χ1n) is 10.5. The Morgan fingerprint density at radius 3 is 2.32 bits per heavy atom. The molecule has 3 N–H and O–H groups in total. The van der Waals surface area contributed by atoms with Crippen molar-refractivity contribution in [3.8, 4) is 11.5 Å². The Hall–Kier alpha value is -3.06. The predicted octanol–water partition coefficient (Wildman–Crippen LogP) is 1.86. The topological polar surface area (TPSA) is 81.1 Å². The second-order valence-electron chi connectivity index (χ2n) is 8.84. The first-order chi connectivity index (χ1) is 14.7. The van der Waals surface area contributed by atoms with E-state index >= 15 is 0 Å². The Morgan fingerprint density at radius 2 is 1.71 bits per heavy atom. The van der Waals surface area contributed by atoms with Crippen molar-refractivity contribution in [1.82, 2.24) is 10.6 Å². The van der Waals surface area contributed by atoms with Crippen LogP contribution >= 0.6 is 0 Å². The highest BCUT2D eigenvalue weighted by Gasteiger charge is 2.35. The molecule has 2 atom stereocenters. The highest BCUT2D eigenvalue weighted by atomic mass is 16.5. The van der Waals surface area contributed by atoms with Crippen molar-refractivity contribution in [1.29, 1.82) is 0 Å². The molecule has 1 aliphatic heterocycles. The van der Waals surface area contributed by atoms with Gasteiger partial charge in [0.1, 0.15) is 6.04 Å². The van der Waals surface area contributed by atoms with E-state index in [1.807, 2.05) is 51.1 Å². The van der Waals surface area contributed by atoms with Crippen LogP contribution in [-0.4, -0.2) is 44.8 Å². The summed E-state index contributed by atoms with van der Waals surface area (Å²) in [7, 11) is 3.25. The summed E-state index contributed by atoms with van der Waals surface area (Å²) < 4.78 is 11.0. The molecule has 0 aromatic heterocycles. The van der Waals surface area contributed by atoms with E-state index in [-0.39, 0.29) is 18.5 Å². The van der Waals surface area contributed by atoms with Gasteiger partial charge < -0.3 is 19.7 Å². The maximum absolute atomic E-state index is 12.7. The number of urea groups is 1. The Labute approximate surface area is 183 Å². The van der Waals surface area contributed by atoms with Crippen LogP contribution in [0.1, 0.15) is 43.5 Å². The zero-order valence-electron chi connectivity index (χ0n) is 18.9. The number of methoxy groups -OCH3 is 2. The lowest BCUT2D eigenvalue weighted by Gasteiger charge is -2.34. The van der Waals surface area contributed by atoms with Gasteiger partial charge in [-0.1, -0.05) is 30.3 Å². The van der Waals surface area contributed by atoms with E-state index in [1.165, 1.54) is 5.56 Å². The number of quaternary nitrogens is 1. The van der Waals surface area contributed by atoms with Gasteiger partial charge in [0, 0.05) is 23.1 Å². The lowest BCUT2D eigenvalue weighted by Crippen LogP contribution is -3.14. The number of rotatable bonds is 5. The Balaban J connectivity index is 1.89. The number of hydrogen-bond donors (Lipinski definition) is 3. The molecule has 2 aromatic rings. The molecule has 3 amide bonds. The van der Waals surface area contributed by atoms with E-state index in [1.54, 1.807) is 14.2 Å². The molecule has 3 rings (SSSR count). The van der Waals surface area contributed by atoms with Crippen molar-refractivity contribution in [3.05, 3.63) is 59.2 Å². The van der Waals surface area contributed by atoms with Gasteiger partial charge in [-0.3, -0.25) is 10.1 Å². The number of imide groups is 1. The van der Waals surface area contributed by atoms with Crippen LogP contribution in [0.3, 0.4) is 0 Å². The van der Waals surface area contributed by atoms with Gasteiger partial charge in [-0.15, -0.1) is 0 Å². The van der Waals surface area contributed by atoms with Crippen molar-refractivity contribution in [2.75, 3.05) is 27.3 Å². The predicted molar refractivity (Wildman–Crippen MR) is 119 cm³/mol. The highest BCUT2D eigenvalue weighted by molar-refractivity contribution is 5.95. The van der Waals surface area contributed by atoms with Crippen LogP contribution in [-0.2, 0) is 11.2 Å². The van der Waals surface area contributed by atoms with Gasteiger partial charge in [-0.25, -0.2) is 4.79 Å². The summed E-state index contributed by atoms with van der Waals surface area (Å²) in [5.41, 5.74) is 2.99. The van der Waals surface area contributed by atoms with E-state index in [2.05, 4.69) is 22.8 Å². The molecule has 0 radical (unpaired) electrons. The van der Waals surface area contributed by atoms with E-state index in [0.29, 0.717) is 11.5 Å². The fourth-order valence-corrected chi connectivity index (χ4v) is 4.08. The lowest BCUT2D eigenvalue weighted by atomic mass is 9.87. The summed E-state index contributed by atoms with van der Waals surface area (Å²) in [6.07, 6.45) is 0.801. The molecule has 7 nitrogen and oxygen atoms in total. The first kappa shape index (κ1) is 22.6. The quantitative estimate of drug-likeness (QED) is 0.682. The smallest absolute Gasteiger partial charge is 0.322 e. The van der Waals surface area contributed by atoms with Crippen molar-refractivity contribution >= 4 is 11.9 Å². The third-order valence-corrected chi connectivity index (χ3v) is 5.34. The van der Waals surface area contributed by atoms with Gasteiger partial charge in [0.2, 0.25) is 0 Å². The Morgan fingerprint density at radius 1 is 1.06 bits per heavy atom. The van der Waals surface area contributed by atoms with Crippen LogP contribution in [0, 0.1) is 0 Å². The van der Waals surface area contributed by atoms with Crippen LogP contribution < -0.4 is 25.0 Å². The van der Waals surface area contributed by atoms with Gasteiger partial charge in [0.05, 0.1) is 20.8 Å². The number of benzene rings is 2. The maximum atomic E-state index is 12.7. The van der Waals surface area contributed by atoms with Crippen LogP contribution in [0.4, 0.5) is 4.79 Å². The fraction of sp³-hybridized carbons (Fsp3) is 0.417. The molecule has 7 heteroatoms. The summed E-state index contributed by atoms with van der Waals surface area (Å²) in [5, 5.41) is 5.23. The number of amides is 3. The average molecular weight is 427 g/mol. The van der Waals surface area contributed by atoms with Crippen molar-refractivity contribution in [3.63, 3.8) is 0 Å². The molecule has 0 bridgehead atoms. The van der Waals surface area contributed by atoms with Gasteiger partial charge in [-0.2, -0.15) is 0 Å². The summed E-state index contributed by atoms with van der Waals surface area (Å²) in [5.74, 6) is 1.06. The molecule has 1 heterocycles. The molecular formula is C24H32N3O4+. The standard InChI is InChI=1S/C24H31N3O4/c1-24(2,3)26-23(29)25-21(28)15-27-12-11-17-13-19(30-4)20(31-5)14-18(17)22(27)16-9-7-6-8-10-16/h6-10,13-14,22H,11-12,15H2,1-5H3,(H2,25,26,28,29)/p+1/t22-/m1/s1. The SMILES string of the molecule is COc1cc2c(cc1OC)[C@@H](c1ccccc1)[NH+](CC(=O)NC(=O)NC(C)(C)C)CC2. The molecule has 2 aromatic carbocycles. The Bertz CT molecular complexity index is 938. The van der Waals surface area contributed by atoms with Crippen LogP contribution in [0.2, 0.25) is 0 Å². The molecule has 1 aliphatic rings. The molecule has 166 valence electrons. The van der Waals surface area contributed by atoms with Crippen LogP contribution in [0.15, 0.2) is 42.5 Å². The minimum Gasteiger partial charge on any atom is -0.493 e. The number of ether oxygens (including phenoxy) is 2. The van der Waals surface area contributed by atoms with E-state index in [0.717, 1.165) is 29.0 Å². The minimum atomic E-state index is -0.475. The molecule has 0 fully saturated rings. The maximum Gasteiger partial charge on any atom is 0.322 e. The number of nitrogens with one attached hydrogen (secondary N) is 3. The van der Waals surface area contributed by atoms with E-state index in [4.69, 9.17) is 9.47 Å². The van der Waals surface area contributed by atoms with E-state index < -0.39 is 11.6 Å². The zero-order chi connectivity index (χ0) is 22.6. The fourth-order valence-electron chi connectivity index (χ4n) is 4.08. The summed E-state index contributed by atoms with van der Waals surface area (Å²) in [6.45, 7) is 6.56. The van der Waals surface area contributed by atoms with Gasteiger partial charge in [0.25, 0.3) is 5.91 Å². The minimum absolute atomic E-state index is 0.0545. The number of hydrogen-bond acceptors (Lipinski definition) is 4. The van der Waals surface area contributed by atoms with Crippen molar-refractivity contribution < 1.29 is 24.0 Å². The van der Waals surface area contributed by atoms with Crippen LogP contribution in [0.25, 0.3) is 0 Å². The summed E-state index contributed by atoms with van der Waals surface area (Å²) >= 11 is 0. The van der Waals surface area contributed by atoms with Crippen molar-refractivity contribution in [2.45, 2.75) is 38.8 Å². The third-order valence-electron chi connectivity index (χ3n) is 5.34. The number of carbonyl (C=O) groups excluding carboxylic acids is 2. The molecule has 0 aliphatic carbocycles. The summed E-state index contributed by atoms with van der Waals surface area (Å²) in [6, 6.07) is 13.6. The normalized spacial score (nSPS) is 18.0. The van der Waals surface area contributed by atoms with Gasteiger partial charge in [-0.05, 0) is 38.5 Å². The average Bonchev–Trinajstić information content (AvgIpc) is 2.71. The second-order valence-corrected chi connectivity index (χ2v) is 8.84. The molecule has 31 heavy (non-hydrogen) atoms. The van der Waals surface area contributed by atoms with Gasteiger partial charge in [0.15, 0.2) is 18.0 Å². The largest absolute Gasteiger partial charge is 0.493 e. The molecule has 0 spiro atoms. The van der Waals surface area contributed by atoms with E-state index in [9.17, 15) is 9.59 Å². The lowest BCUT2D eigenvalue weighted by molar-refractivity contribution is -0.920. The highest BCUT2D eigenvalue weighted by Crippen LogP contribution is 2.35. The second kappa shape index (κ2) is 9.39. The molecule has 0 saturated heterocycles. The third kappa shape index (κ3) is 5.55. The first-order valence-corrected chi connectivity index (χ1v) is 10.5. The van der Waals surface area contributed by atoms with Crippen LogP contribution in [0.5, 0.6) is 11.5 Å². The number of carbonyl (C=O) groups is 2. The number of fused-ring (bicyclic) bond motifs is 1. The van der Waals surface area contributed by atoms with Crippen molar-refractivity contribution in [2.24, 2.45) is 0 Å².